The number of hydrogen-bond acceptors (Lipinski definition) is 6. The molecule has 0 spiro atoms. The fraction of sp³-hybridized carbons (Fsp3) is 0.417. The van der Waals surface area contributed by atoms with Crippen LogP contribution in [0.4, 0.5) is 10.6 Å². The number of nitrogens with one attached hydrogen (secondary N) is 1. The standard InChI is InChI=1S/C12H13BrN6OS/c13-8-5-14-11(15-6-8)9-3-1-2-4-19(9)12(20)17-10-7-16-21-18-10/h5-7,9H,1-4H2,(H,17,18,20). The zero-order valence-corrected chi connectivity index (χ0v) is 13.5. The van der Waals surface area contributed by atoms with E-state index in [0.717, 1.165) is 35.5 Å². The molecule has 7 nitrogen and oxygen atoms in total. The van der Waals surface area contributed by atoms with Gasteiger partial charge >= 0.3 is 6.03 Å². The van der Waals surface area contributed by atoms with Gasteiger partial charge in [0.2, 0.25) is 0 Å². The van der Waals surface area contributed by atoms with Crippen LogP contribution in [0.25, 0.3) is 0 Å². The van der Waals surface area contributed by atoms with Crippen LogP contribution >= 0.6 is 27.7 Å². The molecule has 0 aromatic carbocycles. The molecular formula is C12H13BrN6OS. The van der Waals surface area contributed by atoms with Crippen LogP contribution in [0.3, 0.4) is 0 Å². The van der Waals surface area contributed by atoms with Crippen LogP contribution < -0.4 is 5.32 Å². The van der Waals surface area contributed by atoms with Crippen molar-refractivity contribution in [3.8, 4) is 0 Å². The molecule has 1 fully saturated rings. The molecule has 2 amide bonds. The van der Waals surface area contributed by atoms with Gasteiger partial charge in [0.25, 0.3) is 0 Å². The van der Waals surface area contributed by atoms with Crippen molar-refractivity contribution in [2.24, 2.45) is 0 Å². The molecule has 0 aliphatic carbocycles. The van der Waals surface area contributed by atoms with E-state index < -0.39 is 0 Å². The minimum absolute atomic E-state index is 0.0987. The summed E-state index contributed by atoms with van der Waals surface area (Å²) in [6.07, 6.45) is 7.86. The second-order valence-electron chi connectivity index (χ2n) is 4.69. The van der Waals surface area contributed by atoms with Crippen LogP contribution in [0.1, 0.15) is 31.1 Å². The fourth-order valence-electron chi connectivity index (χ4n) is 2.34. The molecule has 1 aliphatic heterocycles. The van der Waals surface area contributed by atoms with Gasteiger partial charge in [-0.3, -0.25) is 5.32 Å². The number of anilines is 1. The molecule has 3 rings (SSSR count). The van der Waals surface area contributed by atoms with Gasteiger partial charge in [0.05, 0.1) is 28.4 Å². The molecule has 0 radical (unpaired) electrons. The fourth-order valence-corrected chi connectivity index (χ4v) is 2.92. The first-order chi connectivity index (χ1) is 10.2. The van der Waals surface area contributed by atoms with Gasteiger partial charge in [-0.1, -0.05) is 0 Å². The second-order valence-corrected chi connectivity index (χ2v) is 6.16. The third-order valence-corrected chi connectivity index (χ3v) is 4.19. The molecular weight excluding hydrogens is 356 g/mol. The van der Waals surface area contributed by atoms with Crippen molar-refractivity contribution in [2.45, 2.75) is 25.3 Å². The van der Waals surface area contributed by atoms with E-state index in [1.54, 1.807) is 17.3 Å². The summed E-state index contributed by atoms with van der Waals surface area (Å²) in [5.74, 6) is 1.15. The van der Waals surface area contributed by atoms with Crippen molar-refractivity contribution in [3.63, 3.8) is 0 Å². The molecule has 1 N–H and O–H groups in total. The highest BCUT2D eigenvalue weighted by atomic mass is 79.9. The zero-order chi connectivity index (χ0) is 14.7. The Labute approximate surface area is 134 Å². The third kappa shape index (κ3) is 3.35. The summed E-state index contributed by atoms with van der Waals surface area (Å²) in [6, 6.07) is -0.280. The van der Waals surface area contributed by atoms with Crippen molar-refractivity contribution >= 4 is 39.5 Å². The number of amides is 2. The molecule has 0 saturated carbocycles. The second kappa shape index (κ2) is 6.44. The summed E-state index contributed by atoms with van der Waals surface area (Å²) in [4.78, 5) is 22.8. The van der Waals surface area contributed by atoms with Crippen LogP contribution in [0.15, 0.2) is 23.1 Å². The Bertz CT molecular complexity index is 605. The molecule has 2 aromatic rings. The molecule has 110 valence electrons. The quantitative estimate of drug-likeness (QED) is 0.880. The Morgan fingerprint density at radius 3 is 2.86 bits per heavy atom. The lowest BCUT2D eigenvalue weighted by atomic mass is 10.0. The Morgan fingerprint density at radius 2 is 2.14 bits per heavy atom. The van der Waals surface area contributed by atoms with Gasteiger partial charge in [-0.2, -0.15) is 8.75 Å². The van der Waals surface area contributed by atoms with Crippen LogP contribution in [0, 0.1) is 0 Å². The minimum atomic E-state index is -0.182. The Morgan fingerprint density at radius 1 is 1.33 bits per heavy atom. The summed E-state index contributed by atoms with van der Waals surface area (Å²) in [5, 5.41) is 2.76. The number of urea groups is 1. The molecule has 0 bridgehead atoms. The van der Waals surface area contributed by atoms with E-state index in [0.29, 0.717) is 18.2 Å². The number of piperidine rings is 1. The number of hydrogen-bond donors (Lipinski definition) is 1. The predicted octanol–water partition coefficient (Wildman–Crippen LogP) is 2.85. The van der Waals surface area contributed by atoms with E-state index in [-0.39, 0.29) is 12.1 Å². The van der Waals surface area contributed by atoms with Gasteiger partial charge in [-0.15, -0.1) is 0 Å². The highest BCUT2D eigenvalue weighted by molar-refractivity contribution is 9.10. The first-order valence-corrected chi connectivity index (χ1v) is 8.09. The Balaban J connectivity index is 1.77. The summed E-state index contributed by atoms with van der Waals surface area (Å²) in [7, 11) is 0. The van der Waals surface area contributed by atoms with E-state index in [1.807, 2.05) is 0 Å². The van der Waals surface area contributed by atoms with Crippen molar-refractivity contribution in [1.29, 1.82) is 0 Å². The number of carbonyl (C=O) groups excluding carboxylic acids is 1. The molecule has 1 unspecified atom stereocenters. The van der Waals surface area contributed by atoms with Gasteiger partial charge in [0.15, 0.2) is 11.6 Å². The highest BCUT2D eigenvalue weighted by Crippen LogP contribution is 2.29. The van der Waals surface area contributed by atoms with Gasteiger partial charge in [0, 0.05) is 18.9 Å². The van der Waals surface area contributed by atoms with Crippen molar-refractivity contribution in [3.05, 3.63) is 28.9 Å². The lowest BCUT2D eigenvalue weighted by Crippen LogP contribution is -2.41. The average molecular weight is 369 g/mol. The summed E-state index contributed by atoms with van der Waals surface area (Å²) in [6.45, 7) is 0.688. The van der Waals surface area contributed by atoms with E-state index in [9.17, 15) is 4.79 Å². The van der Waals surface area contributed by atoms with Crippen LogP contribution in [-0.2, 0) is 0 Å². The topological polar surface area (TPSA) is 83.9 Å². The number of rotatable bonds is 2. The Hall–Kier alpha value is -1.61. The van der Waals surface area contributed by atoms with E-state index in [4.69, 9.17) is 0 Å². The van der Waals surface area contributed by atoms with Gasteiger partial charge < -0.3 is 4.90 Å². The zero-order valence-electron chi connectivity index (χ0n) is 11.1. The third-order valence-electron chi connectivity index (χ3n) is 3.30. The number of carbonyl (C=O) groups is 1. The summed E-state index contributed by atoms with van der Waals surface area (Å²) in [5.41, 5.74) is 0. The molecule has 21 heavy (non-hydrogen) atoms. The molecule has 1 aliphatic rings. The number of likely N-dealkylation sites (tertiary alicyclic amines) is 1. The van der Waals surface area contributed by atoms with Crippen LogP contribution in [0.5, 0.6) is 0 Å². The Kier molecular flexibility index (Phi) is 4.39. The minimum Gasteiger partial charge on any atom is -0.314 e. The monoisotopic (exact) mass is 368 g/mol. The van der Waals surface area contributed by atoms with Gasteiger partial charge in [-0.25, -0.2) is 14.8 Å². The molecule has 1 saturated heterocycles. The van der Waals surface area contributed by atoms with Crippen LogP contribution in [-0.4, -0.2) is 36.2 Å². The average Bonchev–Trinajstić information content (AvgIpc) is 3.01. The normalized spacial score (nSPS) is 18.5. The molecule has 9 heteroatoms. The summed E-state index contributed by atoms with van der Waals surface area (Å²) < 4.78 is 8.70. The first-order valence-electron chi connectivity index (χ1n) is 6.56. The first kappa shape index (κ1) is 14.3. The lowest BCUT2D eigenvalue weighted by molar-refractivity contribution is 0.159. The van der Waals surface area contributed by atoms with Crippen molar-refractivity contribution < 1.29 is 4.79 Å². The highest BCUT2D eigenvalue weighted by Gasteiger charge is 2.30. The SMILES string of the molecule is O=C(Nc1cnsn1)N1CCCCC1c1ncc(Br)cn1. The maximum absolute atomic E-state index is 12.4. The van der Waals surface area contributed by atoms with E-state index in [2.05, 4.69) is 40.0 Å². The van der Waals surface area contributed by atoms with Crippen molar-refractivity contribution in [2.75, 3.05) is 11.9 Å². The van der Waals surface area contributed by atoms with Crippen LogP contribution in [0.2, 0.25) is 0 Å². The smallest absolute Gasteiger partial charge is 0.314 e. The van der Waals surface area contributed by atoms with Gasteiger partial charge in [0.1, 0.15) is 0 Å². The molecule has 3 heterocycles. The number of nitrogens with zero attached hydrogens (tertiary/aromatic N) is 5. The summed E-state index contributed by atoms with van der Waals surface area (Å²) >= 11 is 4.39. The number of halogens is 1. The maximum Gasteiger partial charge on any atom is 0.323 e. The number of aromatic nitrogens is 4. The lowest BCUT2D eigenvalue weighted by Gasteiger charge is -2.34. The molecule has 1 atom stereocenters. The predicted molar refractivity (Wildman–Crippen MR) is 82.0 cm³/mol. The maximum atomic E-state index is 12.4. The van der Waals surface area contributed by atoms with Crippen molar-refractivity contribution in [1.82, 2.24) is 23.6 Å². The van der Waals surface area contributed by atoms with E-state index >= 15 is 0 Å². The van der Waals surface area contributed by atoms with E-state index in [1.165, 1.54) is 6.20 Å². The molecule has 2 aromatic heterocycles. The van der Waals surface area contributed by atoms with Gasteiger partial charge in [-0.05, 0) is 35.2 Å². The largest absolute Gasteiger partial charge is 0.323 e.